The lowest BCUT2D eigenvalue weighted by Gasteiger charge is -2.25. The molecule has 1 fully saturated rings. The van der Waals surface area contributed by atoms with E-state index in [-0.39, 0.29) is 0 Å². The Labute approximate surface area is 109 Å². The number of hydrogen-bond donors (Lipinski definition) is 0. The summed E-state index contributed by atoms with van der Waals surface area (Å²) in [5, 5.41) is 0. The molecule has 1 aromatic rings. The van der Waals surface area contributed by atoms with Crippen LogP contribution in [0.1, 0.15) is 48.7 Å². The van der Waals surface area contributed by atoms with Crippen LogP contribution in [0.2, 0.25) is 0 Å². The molecule has 1 aliphatic carbocycles. The number of carbonyl (C=O) groups is 1. The molecule has 0 radical (unpaired) electrons. The van der Waals surface area contributed by atoms with Gasteiger partial charge in [-0.3, -0.25) is 9.69 Å². The van der Waals surface area contributed by atoms with Crippen molar-refractivity contribution in [3.63, 3.8) is 0 Å². The van der Waals surface area contributed by atoms with Crippen LogP contribution in [0.4, 0.5) is 0 Å². The van der Waals surface area contributed by atoms with E-state index in [1.807, 2.05) is 6.07 Å². The quantitative estimate of drug-likeness (QED) is 0.818. The summed E-state index contributed by atoms with van der Waals surface area (Å²) in [6, 6.07) is 2.61. The van der Waals surface area contributed by atoms with Gasteiger partial charge in [0.05, 0.1) is 0 Å². The van der Waals surface area contributed by atoms with Gasteiger partial charge in [-0.15, -0.1) is 0 Å². The van der Waals surface area contributed by atoms with E-state index in [1.165, 1.54) is 31.6 Å². The Bertz CT molecular complexity index is 443. The molecule has 0 amide bonds. The lowest BCUT2D eigenvalue weighted by Crippen LogP contribution is -2.34. The third-order valence-electron chi connectivity index (χ3n) is 4.42. The van der Waals surface area contributed by atoms with Crippen LogP contribution in [-0.2, 0) is 13.0 Å². The molecule has 1 unspecified atom stereocenters. The molecule has 1 aliphatic heterocycles. The lowest BCUT2D eigenvalue weighted by atomic mass is 9.97. The van der Waals surface area contributed by atoms with Crippen molar-refractivity contribution in [3.8, 4) is 0 Å². The maximum Gasteiger partial charge on any atom is 0.164 e. The summed E-state index contributed by atoms with van der Waals surface area (Å²) in [5.41, 5.74) is 2.26. The smallest absolute Gasteiger partial charge is 0.164 e. The highest BCUT2D eigenvalue weighted by molar-refractivity contribution is 5.98. The highest BCUT2D eigenvalue weighted by Crippen LogP contribution is 2.23. The van der Waals surface area contributed by atoms with Gasteiger partial charge in [-0.25, -0.2) is 0 Å². The van der Waals surface area contributed by atoms with Gasteiger partial charge >= 0.3 is 0 Å². The SMILES string of the molecule is CC(Cn1ccc2c1CCCC2=O)N1CCCC1. The zero-order valence-corrected chi connectivity index (χ0v) is 11.2. The Hall–Kier alpha value is -1.09. The maximum atomic E-state index is 11.8. The molecule has 0 saturated carbocycles. The van der Waals surface area contributed by atoms with E-state index in [0.717, 1.165) is 31.4 Å². The molecule has 2 aliphatic rings. The number of Topliss-reactive ketones (excluding diaryl/α,β-unsaturated/α-hetero) is 1. The minimum Gasteiger partial charge on any atom is -0.349 e. The van der Waals surface area contributed by atoms with Gasteiger partial charge in [-0.05, 0) is 51.8 Å². The number of likely N-dealkylation sites (tertiary alicyclic amines) is 1. The first-order valence-electron chi connectivity index (χ1n) is 7.21. The number of hydrogen-bond acceptors (Lipinski definition) is 2. The molecule has 98 valence electrons. The molecule has 3 heteroatoms. The molecule has 0 N–H and O–H groups in total. The van der Waals surface area contributed by atoms with Crippen LogP contribution in [0.25, 0.3) is 0 Å². The van der Waals surface area contributed by atoms with Crippen molar-refractivity contribution in [1.82, 2.24) is 9.47 Å². The molecular weight excluding hydrogens is 224 g/mol. The Kier molecular flexibility index (Phi) is 3.25. The Morgan fingerprint density at radius 3 is 2.78 bits per heavy atom. The largest absolute Gasteiger partial charge is 0.349 e. The first kappa shape index (κ1) is 12.0. The topological polar surface area (TPSA) is 25.2 Å². The fourth-order valence-corrected chi connectivity index (χ4v) is 3.34. The van der Waals surface area contributed by atoms with Gasteiger partial charge in [0.25, 0.3) is 0 Å². The second-order valence-electron chi connectivity index (χ2n) is 5.70. The van der Waals surface area contributed by atoms with Crippen LogP contribution in [0.3, 0.4) is 0 Å². The Morgan fingerprint density at radius 1 is 1.22 bits per heavy atom. The number of rotatable bonds is 3. The summed E-state index contributed by atoms with van der Waals surface area (Å²) in [6.07, 6.45) is 7.62. The average molecular weight is 246 g/mol. The number of carbonyl (C=O) groups excluding carboxylic acids is 1. The second-order valence-corrected chi connectivity index (χ2v) is 5.70. The fraction of sp³-hybridized carbons (Fsp3) is 0.667. The number of ketones is 1. The number of aromatic nitrogens is 1. The van der Waals surface area contributed by atoms with E-state index in [2.05, 4.69) is 22.6 Å². The van der Waals surface area contributed by atoms with E-state index in [4.69, 9.17) is 0 Å². The van der Waals surface area contributed by atoms with Crippen LogP contribution in [0, 0.1) is 0 Å². The van der Waals surface area contributed by atoms with Gasteiger partial charge in [0.1, 0.15) is 0 Å². The van der Waals surface area contributed by atoms with Gasteiger partial charge < -0.3 is 4.57 Å². The first-order valence-corrected chi connectivity index (χ1v) is 7.21. The molecule has 3 nitrogen and oxygen atoms in total. The molecule has 1 saturated heterocycles. The molecule has 1 aromatic heterocycles. The van der Waals surface area contributed by atoms with Crippen molar-refractivity contribution >= 4 is 5.78 Å². The zero-order chi connectivity index (χ0) is 12.5. The normalized spacial score (nSPS) is 22.2. The Balaban J connectivity index is 1.74. The molecule has 0 bridgehead atoms. The lowest BCUT2D eigenvalue weighted by molar-refractivity contribution is 0.0971. The zero-order valence-electron chi connectivity index (χ0n) is 11.2. The van der Waals surface area contributed by atoms with Crippen LogP contribution < -0.4 is 0 Å². The van der Waals surface area contributed by atoms with Gasteiger partial charge in [0, 0.05) is 36.5 Å². The van der Waals surface area contributed by atoms with E-state index >= 15 is 0 Å². The van der Waals surface area contributed by atoms with Crippen molar-refractivity contribution in [2.45, 2.75) is 51.6 Å². The number of nitrogens with zero attached hydrogens (tertiary/aromatic N) is 2. The molecular formula is C15H22N2O. The van der Waals surface area contributed by atoms with Gasteiger partial charge in [0.2, 0.25) is 0 Å². The summed E-state index contributed by atoms with van der Waals surface area (Å²) in [4.78, 5) is 14.4. The highest BCUT2D eigenvalue weighted by Gasteiger charge is 2.23. The van der Waals surface area contributed by atoms with Crippen molar-refractivity contribution in [3.05, 3.63) is 23.5 Å². The molecule has 2 heterocycles. The summed E-state index contributed by atoms with van der Waals surface area (Å²) in [6.45, 7) is 5.82. The van der Waals surface area contributed by atoms with Crippen LogP contribution in [0.5, 0.6) is 0 Å². The molecule has 0 aromatic carbocycles. The average Bonchev–Trinajstić information content (AvgIpc) is 2.99. The summed E-state index contributed by atoms with van der Waals surface area (Å²) in [7, 11) is 0. The molecule has 3 rings (SSSR count). The van der Waals surface area contributed by atoms with Crippen LogP contribution in [-0.4, -0.2) is 34.4 Å². The van der Waals surface area contributed by atoms with Crippen LogP contribution in [0.15, 0.2) is 12.3 Å². The maximum absolute atomic E-state index is 11.8. The minimum absolute atomic E-state index is 0.337. The van der Waals surface area contributed by atoms with E-state index < -0.39 is 0 Å². The predicted octanol–water partition coefficient (Wildman–Crippen LogP) is 2.49. The summed E-state index contributed by atoms with van der Waals surface area (Å²) >= 11 is 0. The van der Waals surface area contributed by atoms with Crippen molar-refractivity contribution in [2.24, 2.45) is 0 Å². The summed E-state index contributed by atoms with van der Waals surface area (Å²) in [5.74, 6) is 0.337. The third-order valence-corrected chi connectivity index (χ3v) is 4.42. The van der Waals surface area contributed by atoms with Crippen LogP contribution >= 0.6 is 0 Å². The number of fused-ring (bicyclic) bond motifs is 1. The van der Waals surface area contributed by atoms with Crippen molar-refractivity contribution < 1.29 is 4.79 Å². The van der Waals surface area contributed by atoms with Gasteiger partial charge in [-0.2, -0.15) is 0 Å². The Morgan fingerprint density at radius 2 is 2.00 bits per heavy atom. The predicted molar refractivity (Wildman–Crippen MR) is 72.0 cm³/mol. The minimum atomic E-state index is 0.337. The molecule has 1 atom stereocenters. The van der Waals surface area contributed by atoms with Gasteiger partial charge in [-0.1, -0.05) is 0 Å². The monoisotopic (exact) mass is 246 g/mol. The molecule has 18 heavy (non-hydrogen) atoms. The fourth-order valence-electron chi connectivity index (χ4n) is 3.34. The van der Waals surface area contributed by atoms with Crippen molar-refractivity contribution in [2.75, 3.05) is 13.1 Å². The third kappa shape index (κ3) is 2.12. The van der Waals surface area contributed by atoms with E-state index in [1.54, 1.807) is 0 Å². The molecule has 0 spiro atoms. The second kappa shape index (κ2) is 4.88. The van der Waals surface area contributed by atoms with Crippen molar-refractivity contribution in [1.29, 1.82) is 0 Å². The van der Waals surface area contributed by atoms with E-state index in [0.29, 0.717) is 11.8 Å². The van der Waals surface area contributed by atoms with E-state index in [9.17, 15) is 4.79 Å². The first-order chi connectivity index (χ1) is 8.75. The highest BCUT2D eigenvalue weighted by atomic mass is 16.1. The summed E-state index contributed by atoms with van der Waals surface area (Å²) < 4.78 is 2.31. The van der Waals surface area contributed by atoms with Gasteiger partial charge in [0.15, 0.2) is 5.78 Å². The standard InChI is InChI=1S/C15H22N2O/c1-12(16-8-2-3-9-16)11-17-10-7-13-14(17)5-4-6-15(13)18/h7,10,12H,2-6,8-9,11H2,1H3.